The van der Waals surface area contributed by atoms with E-state index in [1.54, 1.807) is 0 Å². The molecule has 0 saturated heterocycles. The molecule has 1 heterocycles. The molecular weight excluding hydrogens is 285 g/mol. The maximum absolute atomic E-state index is 10.9. The van der Waals surface area contributed by atoms with Gasteiger partial charge in [0.25, 0.3) is 5.08 Å². The first-order chi connectivity index (χ1) is 7.08. The molecule has 0 aliphatic rings. The molecular formula is C5H11N2NaO7P2. The molecule has 0 amide bonds. The van der Waals surface area contributed by atoms with Crippen molar-refractivity contribution in [1.82, 2.24) is 9.55 Å². The molecule has 1 aromatic heterocycles. The Kier molecular flexibility index (Phi) is 5.78. The molecule has 0 aliphatic heterocycles. The molecule has 12 heteroatoms. The van der Waals surface area contributed by atoms with E-state index in [4.69, 9.17) is 19.6 Å². The topological polar surface area (TPSA) is 153 Å². The molecule has 0 spiro atoms. The van der Waals surface area contributed by atoms with Gasteiger partial charge in [0.1, 0.15) is 0 Å². The van der Waals surface area contributed by atoms with Crippen molar-refractivity contribution in [3.05, 3.63) is 18.7 Å². The summed E-state index contributed by atoms with van der Waals surface area (Å²) in [5.41, 5.74) is 0. The van der Waals surface area contributed by atoms with Gasteiger partial charge in [-0.2, -0.15) is 0 Å². The van der Waals surface area contributed by atoms with Crippen LogP contribution in [0, 0.1) is 0 Å². The van der Waals surface area contributed by atoms with E-state index in [1.165, 1.54) is 12.4 Å². The third-order valence-electron chi connectivity index (χ3n) is 1.89. The normalized spacial score (nSPS) is 13.2. The van der Waals surface area contributed by atoms with Crippen molar-refractivity contribution < 1.29 is 64.8 Å². The van der Waals surface area contributed by atoms with Gasteiger partial charge in [-0.25, -0.2) is 4.98 Å². The molecule has 1 aromatic rings. The Morgan fingerprint density at radius 2 is 1.71 bits per heavy atom. The van der Waals surface area contributed by atoms with Crippen molar-refractivity contribution in [2.75, 3.05) is 0 Å². The van der Waals surface area contributed by atoms with Crippen molar-refractivity contribution in [3.8, 4) is 0 Å². The molecule has 0 aliphatic carbocycles. The first kappa shape index (κ1) is 17.5. The van der Waals surface area contributed by atoms with Gasteiger partial charge in [0, 0.05) is 12.4 Å². The number of nitrogens with zero attached hydrogens (tertiary/aromatic N) is 2. The van der Waals surface area contributed by atoms with Gasteiger partial charge in [-0.3, -0.25) is 9.13 Å². The summed E-state index contributed by atoms with van der Waals surface area (Å²) >= 11 is 0. The summed E-state index contributed by atoms with van der Waals surface area (Å²) in [7, 11) is -10.8. The van der Waals surface area contributed by atoms with Gasteiger partial charge in [-0.1, -0.05) is 0 Å². The minimum absolute atomic E-state index is 0. The zero-order valence-electron chi connectivity index (χ0n) is 9.78. The van der Waals surface area contributed by atoms with Crippen LogP contribution in [0.1, 0.15) is 1.43 Å². The van der Waals surface area contributed by atoms with Crippen molar-refractivity contribution in [3.63, 3.8) is 0 Å². The fourth-order valence-electron chi connectivity index (χ4n) is 0.979. The van der Waals surface area contributed by atoms with E-state index in [2.05, 4.69) is 4.98 Å². The standard InChI is InChI=1S/C5H10N2O7P2.Na.H/c8-5(15(9,10)11,16(12,13)14)3-7-2-1-6-4-7;;/h1-2,4,8H,3H2,(H2,9,10,11)(H2,12,13,14);;/q;+1;-1. The summed E-state index contributed by atoms with van der Waals surface area (Å²) in [6, 6.07) is 0. The summed E-state index contributed by atoms with van der Waals surface area (Å²) in [6.07, 6.45) is 3.51. The monoisotopic (exact) mass is 296 g/mol. The Hall–Kier alpha value is 0.470. The number of aliphatic hydroxyl groups is 1. The van der Waals surface area contributed by atoms with Gasteiger partial charge < -0.3 is 30.7 Å². The number of rotatable bonds is 4. The van der Waals surface area contributed by atoms with Crippen LogP contribution in [0.2, 0.25) is 0 Å². The Labute approximate surface area is 120 Å². The molecule has 5 N–H and O–H groups in total. The summed E-state index contributed by atoms with van der Waals surface area (Å²) in [6.45, 7) is -0.957. The molecule has 94 valence electrons. The zero-order chi connectivity index (χ0) is 12.6. The largest absolute Gasteiger partial charge is 1.00 e. The van der Waals surface area contributed by atoms with E-state index in [-0.39, 0.29) is 31.0 Å². The molecule has 9 nitrogen and oxygen atoms in total. The van der Waals surface area contributed by atoms with Crippen LogP contribution in [0.3, 0.4) is 0 Å². The van der Waals surface area contributed by atoms with Gasteiger partial charge in [0.2, 0.25) is 0 Å². The van der Waals surface area contributed by atoms with Crippen LogP contribution in [0.4, 0.5) is 0 Å². The molecule has 1 rings (SSSR count). The quantitative estimate of drug-likeness (QED) is 0.278. The van der Waals surface area contributed by atoms with E-state index in [1.807, 2.05) is 0 Å². The first-order valence-corrected chi connectivity index (χ1v) is 7.10. The van der Waals surface area contributed by atoms with E-state index in [0.29, 0.717) is 0 Å². The fourth-order valence-corrected chi connectivity index (χ4v) is 3.03. The van der Waals surface area contributed by atoms with Gasteiger partial charge in [-0.05, 0) is 0 Å². The second kappa shape index (κ2) is 5.63. The second-order valence-electron chi connectivity index (χ2n) is 3.10. The third kappa shape index (κ3) is 3.71. The van der Waals surface area contributed by atoms with Crippen molar-refractivity contribution in [2.24, 2.45) is 0 Å². The van der Waals surface area contributed by atoms with Crippen LogP contribution in [0.5, 0.6) is 0 Å². The van der Waals surface area contributed by atoms with Gasteiger partial charge in [-0.15, -0.1) is 0 Å². The molecule has 0 aromatic carbocycles. The predicted octanol–water partition coefficient (Wildman–Crippen LogP) is -4.00. The molecule has 0 saturated carbocycles. The molecule has 17 heavy (non-hydrogen) atoms. The third-order valence-corrected chi connectivity index (χ3v) is 5.60. The number of imidazole rings is 1. The van der Waals surface area contributed by atoms with Crippen LogP contribution in [-0.4, -0.2) is 39.3 Å². The van der Waals surface area contributed by atoms with Crippen LogP contribution < -0.4 is 29.6 Å². The predicted molar refractivity (Wildman–Crippen MR) is 52.4 cm³/mol. The van der Waals surface area contributed by atoms with Crippen LogP contribution in [0.25, 0.3) is 0 Å². The van der Waals surface area contributed by atoms with Crippen LogP contribution >= 0.6 is 15.2 Å². The fraction of sp³-hybridized carbons (Fsp3) is 0.400. The smallest absolute Gasteiger partial charge is 1.00 e. The molecule has 0 bridgehead atoms. The van der Waals surface area contributed by atoms with E-state index >= 15 is 0 Å². The van der Waals surface area contributed by atoms with Gasteiger partial charge >= 0.3 is 44.7 Å². The zero-order valence-corrected chi connectivity index (χ0v) is 12.6. The molecule has 0 radical (unpaired) electrons. The Morgan fingerprint density at radius 1 is 1.24 bits per heavy atom. The minimum Gasteiger partial charge on any atom is -1.00 e. The number of hydrogen-bond acceptors (Lipinski definition) is 4. The van der Waals surface area contributed by atoms with Crippen molar-refractivity contribution in [1.29, 1.82) is 0 Å². The van der Waals surface area contributed by atoms with Gasteiger partial charge in [0.15, 0.2) is 0 Å². The molecule has 0 fully saturated rings. The number of aromatic nitrogens is 2. The van der Waals surface area contributed by atoms with E-state index in [9.17, 15) is 14.2 Å². The van der Waals surface area contributed by atoms with Crippen molar-refractivity contribution >= 4 is 15.2 Å². The van der Waals surface area contributed by atoms with E-state index < -0.39 is 26.8 Å². The first-order valence-electron chi connectivity index (χ1n) is 3.87. The molecule has 0 atom stereocenters. The summed E-state index contributed by atoms with van der Waals surface area (Å²) in [5.74, 6) is 0. The van der Waals surface area contributed by atoms with Crippen LogP contribution in [0.15, 0.2) is 18.7 Å². The van der Waals surface area contributed by atoms with E-state index in [0.717, 1.165) is 10.9 Å². The summed E-state index contributed by atoms with van der Waals surface area (Å²) in [4.78, 5) is 38.7. The SMILES string of the molecule is O=P(O)(O)C(O)(Cn1ccnc1)P(=O)(O)O.[H-].[Na+]. The Morgan fingerprint density at radius 3 is 2.00 bits per heavy atom. The summed E-state index contributed by atoms with van der Waals surface area (Å²) in [5, 5.41) is 6.04. The maximum Gasteiger partial charge on any atom is 1.00 e. The van der Waals surface area contributed by atoms with Crippen molar-refractivity contribution in [2.45, 2.75) is 11.6 Å². The number of hydrogen-bond donors (Lipinski definition) is 5. The van der Waals surface area contributed by atoms with Gasteiger partial charge in [0.05, 0.1) is 12.9 Å². The molecule has 0 unspecified atom stereocenters. The summed E-state index contributed by atoms with van der Waals surface area (Å²) < 4.78 is 22.8. The average molecular weight is 296 g/mol. The Bertz CT molecular complexity index is 434. The van der Waals surface area contributed by atoms with Crippen LogP contribution in [-0.2, 0) is 15.7 Å². The Balaban J connectivity index is 0. The average Bonchev–Trinajstić information content (AvgIpc) is 2.52. The maximum atomic E-state index is 10.9. The second-order valence-corrected chi connectivity index (χ2v) is 7.11. The minimum atomic E-state index is -5.41.